The molecule has 0 fully saturated rings. The average molecular weight is 538 g/mol. The van der Waals surface area contributed by atoms with Gasteiger partial charge in [0.1, 0.15) is 11.6 Å². The normalized spacial score (nSPS) is 11.8. The van der Waals surface area contributed by atoms with Gasteiger partial charge in [0.05, 0.1) is 17.6 Å². The SMILES string of the molecule is CC(C)(C)c1ccc(OCCCCn2c(CCCCCNC(=O)/C=C/c3ccccc3)nc3ccccc32)cc1. The van der Waals surface area contributed by atoms with E-state index in [0.717, 1.165) is 67.7 Å². The number of hydrogen-bond donors (Lipinski definition) is 1. The molecular formula is C35H43N3O2. The highest BCUT2D eigenvalue weighted by Crippen LogP contribution is 2.24. The van der Waals surface area contributed by atoms with E-state index in [1.54, 1.807) is 6.08 Å². The van der Waals surface area contributed by atoms with Crippen molar-refractivity contribution in [3.05, 3.63) is 102 Å². The van der Waals surface area contributed by atoms with Crippen LogP contribution in [0.2, 0.25) is 0 Å². The molecule has 0 spiro atoms. The Labute approximate surface area is 239 Å². The van der Waals surface area contributed by atoms with Crippen LogP contribution >= 0.6 is 0 Å². The highest BCUT2D eigenvalue weighted by Gasteiger charge is 2.13. The first-order valence-corrected chi connectivity index (χ1v) is 14.6. The number of unbranched alkanes of at least 4 members (excludes halogenated alkanes) is 3. The highest BCUT2D eigenvalue weighted by molar-refractivity contribution is 5.91. The summed E-state index contributed by atoms with van der Waals surface area (Å²) in [4.78, 5) is 17.0. The molecule has 1 amide bonds. The molecule has 0 radical (unpaired) electrons. The van der Waals surface area contributed by atoms with Crippen molar-refractivity contribution in [2.45, 2.75) is 71.3 Å². The third-order valence-corrected chi connectivity index (χ3v) is 7.10. The molecule has 1 N–H and O–H groups in total. The third-order valence-electron chi connectivity index (χ3n) is 7.10. The van der Waals surface area contributed by atoms with E-state index >= 15 is 0 Å². The fourth-order valence-corrected chi connectivity index (χ4v) is 4.77. The maximum atomic E-state index is 12.1. The highest BCUT2D eigenvalue weighted by atomic mass is 16.5. The van der Waals surface area contributed by atoms with E-state index in [4.69, 9.17) is 9.72 Å². The molecule has 4 aromatic rings. The minimum absolute atomic E-state index is 0.0449. The van der Waals surface area contributed by atoms with Gasteiger partial charge in [-0.2, -0.15) is 0 Å². The fraction of sp³-hybridized carbons (Fsp3) is 0.371. The number of rotatable bonds is 14. The second-order valence-electron chi connectivity index (χ2n) is 11.3. The van der Waals surface area contributed by atoms with Gasteiger partial charge in [0, 0.05) is 25.6 Å². The molecule has 0 saturated carbocycles. The Bertz CT molecular complexity index is 1370. The summed E-state index contributed by atoms with van der Waals surface area (Å²) in [6.45, 7) is 9.01. The molecule has 1 heterocycles. The summed E-state index contributed by atoms with van der Waals surface area (Å²) in [5, 5.41) is 2.99. The van der Waals surface area contributed by atoms with E-state index in [-0.39, 0.29) is 11.3 Å². The predicted molar refractivity (Wildman–Crippen MR) is 166 cm³/mol. The first-order valence-electron chi connectivity index (χ1n) is 14.6. The smallest absolute Gasteiger partial charge is 0.243 e. The average Bonchev–Trinajstić information content (AvgIpc) is 3.31. The Kier molecular flexibility index (Phi) is 10.6. The summed E-state index contributed by atoms with van der Waals surface area (Å²) in [5.74, 6) is 2.04. The van der Waals surface area contributed by atoms with E-state index in [1.807, 2.05) is 36.4 Å². The lowest BCUT2D eigenvalue weighted by Crippen LogP contribution is -2.22. The van der Waals surface area contributed by atoms with Crippen LogP contribution in [-0.2, 0) is 23.2 Å². The van der Waals surface area contributed by atoms with Crippen molar-refractivity contribution in [2.24, 2.45) is 0 Å². The van der Waals surface area contributed by atoms with Crippen molar-refractivity contribution in [3.8, 4) is 5.75 Å². The van der Waals surface area contributed by atoms with Crippen LogP contribution in [0.5, 0.6) is 5.75 Å². The molecule has 0 unspecified atom stereocenters. The molecule has 0 aliphatic rings. The zero-order valence-electron chi connectivity index (χ0n) is 24.2. The predicted octanol–water partition coefficient (Wildman–Crippen LogP) is 7.74. The Morgan fingerprint density at radius 3 is 2.40 bits per heavy atom. The van der Waals surface area contributed by atoms with Gasteiger partial charge in [0.2, 0.25) is 5.91 Å². The molecule has 3 aromatic carbocycles. The van der Waals surface area contributed by atoms with Crippen molar-refractivity contribution in [3.63, 3.8) is 0 Å². The number of para-hydroxylation sites is 2. The van der Waals surface area contributed by atoms with Gasteiger partial charge < -0.3 is 14.6 Å². The number of aryl methyl sites for hydroxylation is 2. The third kappa shape index (κ3) is 8.84. The maximum absolute atomic E-state index is 12.1. The summed E-state index contributed by atoms with van der Waals surface area (Å²) in [5.41, 5.74) is 4.76. The number of nitrogens with one attached hydrogen (secondary N) is 1. The van der Waals surface area contributed by atoms with Crippen LogP contribution in [0, 0.1) is 0 Å². The lowest BCUT2D eigenvalue weighted by atomic mass is 9.87. The maximum Gasteiger partial charge on any atom is 0.243 e. The topological polar surface area (TPSA) is 56.1 Å². The molecule has 0 aliphatic heterocycles. The second kappa shape index (κ2) is 14.5. The number of ether oxygens (including phenoxy) is 1. The summed E-state index contributed by atoms with van der Waals surface area (Å²) < 4.78 is 8.39. The van der Waals surface area contributed by atoms with Gasteiger partial charge >= 0.3 is 0 Å². The lowest BCUT2D eigenvalue weighted by Gasteiger charge is -2.19. The Balaban J connectivity index is 1.18. The number of fused-ring (bicyclic) bond motifs is 1. The molecule has 0 saturated heterocycles. The number of amides is 1. The molecule has 4 rings (SSSR count). The Hall–Kier alpha value is -3.86. The van der Waals surface area contributed by atoms with Crippen LogP contribution in [0.4, 0.5) is 0 Å². The van der Waals surface area contributed by atoms with Gasteiger partial charge in [-0.25, -0.2) is 4.98 Å². The van der Waals surface area contributed by atoms with E-state index < -0.39 is 0 Å². The van der Waals surface area contributed by atoms with Crippen LogP contribution in [0.3, 0.4) is 0 Å². The number of aromatic nitrogens is 2. The standard InChI is InChI=1S/C35H43N3O2/c1-35(2,3)29-20-22-30(23-21-29)40-27-13-12-26-38-32-17-10-9-16-31(32)37-33(38)18-8-5-11-25-36-34(39)24-19-28-14-6-4-7-15-28/h4,6-7,9-10,14-17,19-24H,5,8,11-13,18,25-27H2,1-3H3,(H,36,39)/b24-19+. The molecule has 210 valence electrons. The summed E-state index contributed by atoms with van der Waals surface area (Å²) in [7, 11) is 0. The van der Waals surface area contributed by atoms with Crippen molar-refractivity contribution >= 4 is 23.0 Å². The molecule has 0 bridgehead atoms. The molecular weight excluding hydrogens is 494 g/mol. The zero-order valence-corrected chi connectivity index (χ0v) is 24.2. The number of carbonyl (C=O) groups excluding carboxylic acids is 1. The number of benzene rings is 3. The summed E-state index contributed by atoms with van der Waals surface area (Å²) in [6.07, 6.45) is 9.47. The summed E-state index contributed by atoms with van der Waals surface area (Å²) >= 11 is 0. The Morgan fingerprint density at radius 1 is 0.875 bits per heavy atom. The van der Waals surface area contributed by atoms with Gasteiger partial charge in [-0.3, -0.25) is 4.79 Å². The van der Waals surface area contributed by atoms with E-state index in [2.05, 4.69) is 79.2 Å². The monoisotopic (exact) mass is 537 g/mol. The molecule has 5 nitrogen and oxygen atoms in total. The van der Waals surface area contributed by atoms with Crippen molar-refractivity contribution in [1.29, 1.82) is 0 Å². The molecule has 1 aromatic heterocycles. The van der Waals surface area contributed by atoms with Gasteiger partial charge in [-0.1, -0.05) is 81.8 Å². The molecule has 40 heavy (non-hydrogen) atoms. The number of nitrogens with zero attached hydrogens (tertiary/aromatic N) is 2. The molecule has 0 atom stereocenters. The van der Waals surface area contributed by atoms with Gasteiger partial charge in [-0.05, 0) is 72.6 Å². The van der Waals surface area contributed by atoms with E-state index in [1.165, 1.54) is 11.1 Å². The fourth-order valence-electron chi connectivity index (χ4n) is 4.77. The molecule has 5 heteroatoms. The number of hydrogen-bond acceptors (Lipinski definition) is 3. The minimum atomic E-state index is -0.0449. The number of imidazole rings is 1. The lowest BCUT2D eigenvalue weighted by molar-refractivity contribution is -0.116. The quantitative estimate of drug-likeness (QED) is 0.132. The van der Waals surface area contributed by atoms with Gasteiger partial charge in [0.25, 0.3) is 0 Å². The van der Waals surface area contributed by atoms with Crippen molar-refractivity contribution in [1.82, 2.24) is 14.9 Å². The van der Waals surface area contributed by atoms with Gasteiger partial charge in [-0.15, -0.1) is 0 Å². The van der Waals surface area contributed by atoms with Gasteiger partial charge in [0.15, 0.2) is 0 Å². The first kappa shape index (κ1) is 29.1. The second-order valence-corrected chi connectivity index (χ2v) is 11.3. The Morgan fingerprint density at radius 2 is 1.62 bits per heavy atom. The minimum Gasteiger partial charge on any atom is -0.494 e. The summed E-state index contributed by atoms with van der Waals surface area (Å²) in [6, 6.07) is 26.8. The van der Waals surface area contributed by atoms with Crippen molar-refractivity contribution < 1.29 is 9.53 Å². The first-order chi connectivity index (χ1) is 19.4. The van der Waals surface area contributed by atoms with E-state index in [0.29, 0.717) is 13.2 Å². The molecule has 0 aliphatic carbocycles. The van der Waals surface area contributed by atoms with Crippen molar-refractivity contribution in [2.75, 3.05) is 13.2 Å². The number of carbonyl (C=O) groups is 1. The van der Waals surface area contributed by atoms with Crippen LogP contribution in [-0.4, -0.2) is 28.6 Å². The van der Waals surface area contributed by atoms with Crippen LogP contribution in [0.1, 0.15) is 69.8 Å². The van der Waals surface area contributed by atoms with Crippen LogP contribution in [0.15, 0.2) is 84.9 Å². The van der Waals surface area contributed by atoms with Crippen LogP contribution in [0.25, 0.3) is 17.1 Å². The van der Waals surface area contributed by atoms with Crippen LogP contribution < -0.4 is 10.1 Å². The zero-order chi connectivity index (χ0) is 28.2. The largest absolute Gasteiger partial charge is 0.494 e. The van der Waals surface area contributed by atoms with E-state index in [9.17, 15) is 4.79 Å².